The summed E-state index contributed by atoms with van der Waals surface area (Å²) in [5.74, 6) is 0.0640. The first-order valence-corrected chi connectivity index (χ1v) is 5.30. The molecule has 1 radical (unpaired) electrons. The van der Waals surface area contributed by atoms with Crippen LogP contribution in [-0.4, -0.2) is 12.9 Å². The van der Waals surface area contributed by atoms with Crippen molar-refractivity contribution in [2.45, 2.75) is 6.42 Å². The van der Waals surface area contributed by atoms with Gasteiger partial charge >= 0.3 is 0 Å². The molecule has 1 aliphatic rings. The minimum absolute atomic E-state index is 0.188. The Balaban J connectivity index is 2.27. The number of Topliss-reactive ketones (excluding diaryl/α,β-unsaturated/α-hetero) is 1. The van der Waals surface area contributed by atoms with Gasteiger partial charge in [0.05, 0.1) is 7.11 Å². The number of hydrogen-bond acceptors (Lipinski definition) is 2. The van der Waals surface area contributed by atoms with Crippen molar-refractivity contribution in [2.75, 3.05) is 7.11 Å². The van der Waals surface area contributed by atoms with Crippen molar-refractivity contribution >= 4 is 5.78 Å². The fourth-order valence-electron chi connectivity index (χ4n) is 1.67. The lowest BCUT2D eigenvalue weighted by Gasteiger charge is -2.11. The largest absolute Gasteiger partial charge is 0.497 e. The molecule has 2 rings (SSSR count). The van der Waals surface area contributed by atoms with Crippen LogP contribution in [0.15, 0.2) is 47.7 Å². The summed E-state index contributed by atoms with van der Waals surface area (Å²) in [6.45, 7) is 0. The zero-order valence-corrected chi connectivity index (χ0v) is 9.44. The number of rotatable bonds is 3. The molecular formula is C14H12FO2. The standard InChI is InChI=1S/C14H12FO2/c1-17-13-7-3-5-11(9-13)14(16)10-4-2-6-12(15)8-10/h2,4-9H,3H2,1H3. The van der Waals surface area contributed by atoms with Gasteiger partial charge in [-0.1, -0.05) is 12.1 Å². The minimum Gasteiger partial charge on any atom is -0.497 e. The zero-order chi connectivity index (χ0) is 12.3. The number of ketones is 1. The molecule has 0 spiro atoms. The molecule has 3 heteroatoms. The predicted octanol–water partition coefficient (Wildman–Crippen LogP) is 3.07. The number of carbonyl (C=O) groups is 1. The van der Waals surface area contributed by atoms with Crippen LogP contribution in [0.5, 0.6) is 0 Å². The van der Waals surface area contributed by atoms with Crippen molar-refractivity contribution < 1.29 is 13.9 Å². The Morgan fingerprint density at radius 3 is 2.94 bits per heavy atom. The summed E-state index contributed by atoms with van der Waals surface area (Å²) in [5, 5.41) is 0. The van der Waals surface area contributed by atoms with Crippen molar-refractivity contribution in [3.63, 3.8) is 0 Å². The van der Waals surface area contributed by atoms with Gasteiger partial charge in [-0.25, -0.2) is 4.39 Å². The Hall–Kier alpha value is -1.90. The van der Waals surface area contributed by atoms with E-state index in [0.29, 0.717) is 23.3 Å². The van der Waals surface area contributed by atoms with E-state index < -0.39 is 5.82 Å². The van der Waals surface area contributed by atoms with Gasteiger partial charge in [-0.2, -0.15) is 0 Å². The third-order valence-electron chi connectivity index (χ3n) is 2.54. The van der Waals surface area contributed by atoms with Crippen LogP contribution in [0, 0.1) is 12.2 Å². The molecule has 0 N–H and O–H groups in total. The molecule has 87 valence electrons. The molecule has 0 saturated carbocycles. The number of hydrogen-bond donors (Lipinski definition) is 0. The maximum Gasteiger partial charge on any atom is 0.189 e. The molecule has 1 aromatic rings. The maximum atomic E-state index is 13.0. The van der Waals surface area contributed by atoms with E-state index in [1.807, 2.05) is 6.08 Å². The van der Waals surface area contributed by atoms with E-state index in [1.54, 1.807) is 25.7 Å². The highest BCUT2D eigenvalue weighted by Gasteiger charge is 2.16. The Kier molecular flexibility index (Phi) is 3.38. The number of benzene rings is 1. The molecular weight excluding hydrogens is 219 g/mol. The second-order valence-corrected chi connectivity index (χ2v) is 3.69. The van der Waals surface area contributed by atoms with E-state index in [1.165, 1.54) is 18.2 Å². The van der Waals surface area contributed by atoms with Gasteiger partial charge in [0.1, 0.15) is 11.6 Å². The average molecular weight is 231 g/mol. The van der Waals surface area contributed by atoms with E-state index in [-0.39, 0.29) is 5.78 Å². The molecule has 0 unspecified atom stereocenters. The SMILES string of the molecule is COC1=CC[CH]C(C(=O)c2cccc(F)c2)=C1. The van der Waals surface area contributed by atoms with Gasteiger partial charge in [0.25, 0.3) is 0 Å². The fraction of sp³-hybridized carbons (Fsp3) is 0.143. The van der Waals surface area contributed by atoms with Crippen molar-refractivity contribution in [2.24, 2.45) is 0 Å². The quantitative estimate of drug-likeness (QED) is 0.747. The Labute approximate surface area is 99.4 Å². The molecule has 0 aliphatic heterocycles. The predicted molar refractivity (Wildman–Crippen MR) is 62.8 cm³/mol. The lowest BCUT2D eigenvalue weighted by Crippen LogP contribution is -2.07. The molecule has 1 aliphatic carbocycles. The van der Waals surface area contributed by atoms with Crippen molar-refractivity contribution in [3.8, 4) is 0 Å². The van der Waals surface area contributed by atoms with Gasteiger partial charge in [-0.05, 0) is 37.1 Å². The first-order valence-electron chi connectivity index (χ1n) is 5.30. The summed E-state index contributed by atoms with van der Waals surface area (Å²) in [6, 6.07) is 5.68. The summed E-state index contributed by atoms with van der Waals surface area (Å²) in [4.78, 5) is 12.1. The smallest absolute Gasteiger partial charge is 0.189 e. The summed E-state index contributed by atoms with van der Waals surface area (Å²) >= 11 is 0. The number of halogens is 1. The number of allylic oxidation sites excluding steroid dienone is 3. The van der Waals surface area contributed by atoms with Gasteiger partial charge in [-0.15, -0.1) is 0 Å². The normalized spacial score (nSPS) is 14.9. The molecule has 0 amide bonds. The van der Waals surface area contributed by atoms with Gasteiger partial charge in [-0.3, -0.25) is 4.79 Å². The summed E-state index contributed by atoms with van der Waals surface area (Å²) in [7, 11) is 1.55. The Bertz CT molecular complexity index is 501. The highest BCUT2D eigenvalue weighted by Crippen LogP contribution is 2.20. The molecule has 1 aromatic carbocycles. The number of ether oxygens (including phenoxy) is 1. The topological polar surface area (TPSA) is 26.3 Å². The highest BCUT2D eigenvalue weighted by atomic mass is 19.1. The molecule has 17 heavy (non-hydrogen) atoms. The molecule has 0 heterocycles. The van der Waals surface area contributed by atoms with E-state index in [9.17, 15) is 9.18 Å². The third kappa shape index (κ3) is 2.61. The van der Waals surface area contributed by atoms with Crippen LogP contribution in [0.4, 0.5) is 4.39 Å². The van der Waals surface area contributed by atoms with Crippen LogP contribution >= 0.6 is 0 Å². The molecule has 0 fully saturated rings. The van der Waals surface area contributed by atoms with Crippen LogP contribution in [-0.2, 0) is 4.74 Å². The molecule has 0 saturated heterocycles. The van der Waals surface area contributed by atoms with Crippen LogP contribution < -0.4 is 0 Å². The highest BCUT2D eigenvalue weighted by molar-refractivity contribution is 6.10. The van der Waals surface area contributed by atoms with Crippen LogP contribution in [0.25, 0.3) is 0 Å². The van der Waals surface area contributed by atoms with Gasteiger partial charge < -0.3 is 4.74 Å². The fourth-order valence-corrected chi connectivity index (χ4v) is 1.67. The first kappa shape index (κ1) is 11.6. The van der Waals surface area contributed by atoms with Crippen LogP contribution in [0.1, 0.15) is 16.8 Å². The third-order valence-corrected chi connectivity index (χ3v) is 2.54. The lowest BCUT2D eigenvalue weighted by atomic mass is 9.95. The Morgan fingerprint density at radius 1 is 1.41 bits per heavy atom. The molecule has 0 atom stereocenters. The van der Waals surface area contributed by atoms with Crippen molar-refractivity contribution in [3.05, 3.63) is 65.6 Å². The summed E-state index contributed by atoms with van der Waals surface area (Å²) in [5.41, 5.74) is 0.889. The van der Waals surface area contributed by atoms with Gasteiger partial charge in [0.15, 0.2) is 5.78 Å². The van der Waals surface area contributed by atoms with Gasteiger partial charge in [0, 0.05) is 11.1 Å². The second kappa shape index (κ2) is 4.95. The van der Waals surface area contributed by atoms with E-state index in [4.69, 9.17) is 4.74 Å². The van der Waals surface area contributed by atoms with Crippen LogP contribution in [0.2, 0.25) is 0 Å². The summed E-state index contributed by atoms with van der Waals surface area (Å²) < 4.78 is 18.1. The van der Waals surface area contributed by atoms with E-state index in [0.717, 1.165) is 0 Å². The van der Waals surface area contributed by atoms with Crippen molar-refractivity contribution in [1.82, 2.24) is 0 Å². The lowest BCUT2D eigenvalue weighted by molar-refractivity contribution is 0.103. The van der Waals surface area contributed by atoms with Crippen molar-refractivity contribution in [1.29, 1.82) is 0 Å². The minimum atomic E-state index is -0.408. The molecule has 2 nitrogen and oxygen atoms in total. The molecule has 0 aromatic heterocycles. The first-order chi connectivity index (χ1) is 8.20. The van der Waals surface area contributed by atoms with Gasteiger partial charge in [0.2, 0.25) is 0 Å². The zero-order valence-electron chi connectivity index (χ0n) is 9.44. The Morgan fingerprint density at radius 2 is 2.24 bits per heavy atom. The number of carbonyl (C=O) groups excluding carboxylic acids is 1. The monoisotopic (exact) mass is 231 g/mol. The summed E-state index contributed by atoms with van der Waals surface area (Å²) in [6.07, 6.45) is 5.99. The number of methoxy groups -OCH3 is 1. The average Bonchev–Trinajstić information content (AvgIpc) is 2.38. The maximum absolute atomic E-state index is 13.0. The second-order valence-electron chi connectivity index (χ2n) is 3.69. The van der Waals surface area contributed by atoms with E-state index >= 15 is 0 Å². The molecule has 0 bridgehead atoms. The van der Waals surface area contributed by atoms with Crippen LogP contribution in [0.3, 0.4) is 0 Å². The van der Waals surface area contributed by atoms with E-state index in [2.05, 4.69) is 0 Å².